The average molecular weight is 358 g/mol. The van der Waals surface area contributed by atoms with Crippen molar-refractivity contribution in [3.63, 3.8) is 0 Å². The van der Waals surface area contributed by atoms with Gasteiger partial charge in [0.15, 0.2) is 0 Å². The first-order valence-corrected chi connectivity index (χ1v) is 8.54. The van der Waals surface area contributed by atoms with Crippen LogP contribution in [0.15, 0.2) is 54.6 Å². The monoisotopic (exact) mass is 358 g/mol. The zero-order valence-corrected chi connectivity index (χ0v) is 14.9. The number of carbonyl (C=O) groups is 2. The topological polar surface area (TPSA) is 67.4 Å². The van der Waals surface area contributed by atoms with E-state index in [2.05, 4.69) is 10.6 Å². The molecular weight excluding hydrogens is 335 g/mol. The van der Waals surface area contributed by atoms with Gasteiger partial charge in [0.05, 0.1) is 5.69 Å². The van der Waals surface area contributed by atoms with Gasteiger partial charge in [0.1, 0.15) is 18.5 Å². The molecule has 0 fully saturated rings. The molecule has 138 valence electrons. The third kappa shape index (κ3) is 5.58. The predicted molar refractivity (Wildman–Crippen MR) is 98.0 cm³/mol. The summed E-state index contributed by atoms with van der Waals surface area (Å²) in [5.74, 6) is -1.16. The van der Waals surface area contributed by atoms with Gasteiger partial charge < -0.3 is 15.4 Å². The quantitative estimate of drug-likeness (QED) is 0.783. The van der Waals surface area contributed by atoms with E-state index in [1.54, 1.807) is 6.07 Å². The number of rotatable bonds is 7. The van der Waals surface area contributed by atoms with E-state index in [4.69, 9.17) is 4.74 Å². The lowest BCUT2D eigenvalue weighted by Crippen LogP contribution is -2.47. The number of amides is 2. The van der Waals surface area contributed by atoms with Gasteiger partial charge in [0, 0.05) is 0 Å². The maximum absolute atomic E-state index is 13.7. The van der Waals surface area contributed by atoms with Crippen molar-refractivity contribution in [2.24, 2.45) is 5.92 Å². The number of anilines is 1. The van der Waals surface area contributed by atoms with E-state index in [1.807, 2.05) is 44.2 Å². The molecule has 2 atom stereocenters. The van der Waals surface area contributed by atoms with Gasteiger partial charge in [-0.3, -0.25) is 4.79 Å². The molecule has 6 heteroatoms. The first kappa shape index (κ1) is 19.4. The SMILES string of the molecule is CCC(C)C(NC(=O)OCc1ccccc1)C(=O)Nc1ccccc1F. The number of benzene rings is 2. The third-order valence-electron chi connectivity index (χ3n) is 4.11. The maximum Gasteiger partial charge on any atom is 0.408 e. The summed E-state index contributed by atoms with van der Waals surface area (Å²) in [5, 5.41) is 5.10. The van der Waals surface area contributed by atoms with E-state index in [-0.39, 0.29) is 18.2 Å². The second kappa shape index (κ2) is 9.56. The lowest BCUT2D eigenvalue weighted by atomic mass is 9.98. The van der Waals surface area contributed by atoms with Crippen molar-refractivity contribution in [3.8, 4) is 0 Å². The Morgan fingerprint density at radius 2 is 1.73 bits per heavy atom. The molecule has 26 heavy (non-hydrogen) atoms. The Morgan fingerprint density at radius 1 is 1.08 bits per heavy atom. The Balaban J connectivity index is 1.98. The largest absolute Gasteiger partial charge is 0.445 e. The summed E-state index contributed by atoms with van der Waals surface area (Å²) in [4.78, 5) is 24.6. The molecule has 0 aliphatic rings. The van der Waals surface area contributed by atoms with Gasteiger partial charge in [-0.2, -0.15) is 0 Å². The molecule has 0 radical (unpaired) electrons. The molecule has 0 heterocycles. The summed E-state index contributed by atoms with van der Waals surface area (Å²) in [6.45, 7) is 3.85. The first-order chi connectivity index (χ1) is 12.5. The van der Waals surface area contributed by atoms with E-state index < -0.39 is 23.9 Å². The van der Waals surface area contributed by atoms with Crippen molar-refractivity contribution >= 4 is 17.7 Å². The highest BCUT2D eigenvalue weighted by Crippen LogP contribution is 2.15. The number of para-hydroxylation sites is 1. The molecule has 0 bridgehead atoms. The van der Waals surface area contributed by atoms with E-state index in [0.29, 0.717) is 6.42 Å². The number of ether oxygens (including phenoxy) is 1. The van der Waals surface area contributed by atoms with Crippen molar-refractivity contribution in [3.05, 3.63) is 66.0 Å². The molecule has 2 N–H and O–H groups in total. The van der Waals surface area contributed by atoms with Gasteiger partial charge in [-0.1, -0.05) is 62.7 Å². The van der Waals surface area contributed by atoms with Crippen LogP contribution in [-0.4, -0.2) is 18.0 Å². The minimum atomic E-state index is -0.831. The number of nitrogens with one attached hydrogen (secondary N) is 2. The number of carbonyl (C=O) groups excluding carboxylic acids is 2. The standard InChI is InChI=1S/C20H23FN2O3/c1-3-14(2)18(19(24)22-17-12-8-7-11-16(17)21)23-20(25)26-13-15-9-5-4-6-10-15/h4-12,14,18H,3,13H2,1-2H3,(H,22,24)(H,23,25). The summed E-state index contributed by atoms with van der Waals surface area (Å²) in [6, 6.07) is 14.3. The normalized spacial score (nSPS) is 12.7. The van der Waals surface area contributed by atoms with Crippen molar-refractivity contribution in [1.29, 1.82) is 0 Å². The molecule has 5 nitrogen and oxygen atoms in total. The fraction of sp³-hybridized carbons (Fsp3) is 0.300. The molecular formula is C20H23FN2O3. The minimum absolute atomic E-state index is 0.0743. The predicted octanol–water partition coefficient (Wildman–Crippen LogP) is 4.11. The highest BCUT2D eigenvalue weighted by Gasteiger charge is 2.27. The second-order valence-corrected chi connectivity index (χ2v) is 6.04. The molecule has 0 aromatic heterocycles. The van der Waals surface area contributed by atoms with Crippen LogP contribution in [0.25, 0.3) is 0 Å². The van der Waals surface area contributed by atoms with Crippen LogP contribution in [0.3, 0.4) is 0 Å². The van der Waals surface area contributed by atoms with E-state index in [1.165, 1.54) is 18.2 Å². The van der Waals surface area contributed by atoms with Gasteiger partial charge in [0.25, 0.3) is 0 Å². The minimum Gasteiger partial charge on any atom is -0.445 e. The summed E-state index contributed by atoms with van der Waals surface area (Å²) in [7, 11) is 0. The van der Waals surface area contributed by atoms with Crippen LogP contribution < -0.4 is 10.6 Å². The van der Waals surface area contributed by atoms with E-state index >= 15 is 0 Å². The third-order valence-corrected chi connectivity index (χ3v) is 4.11. The Hall–Kier alpha value is -2.89. The van der Waals surface area contributed by atoms with Crippen molar-refractivity contribution in [1.82, 2.24) is 5.32 Å². The average Bonchev–Trinajstić information content (AvgIpc) is 2.66. The van der Waals surface area contributed by atoms with Crippen LogP contribution in [0.4, 0.5) is 14.9 Å². The summed E-state index contributed by atoms with van der Waals surface area (Å²) in [5.41, 5.74) is 0.920. The zero-order chi connectivity index (χ0) is 18.9. The Kier molecular flexibility index (Phi) is 7.14. The maximum atomic E-state index is 13.7. The first-order valence-electron chi connectivity index (χ1n) is 8.54. The van der Waals surface area contributed by atoms with E-state index in [0.717, 1.165) is 5.56 Å². The molecule has 2 rings (SSSR count). The van der Waals surface area contributed by atoms with Crippen molar-refractivity contribution < 1.29 is 18.7 Å². The summed E-state index contributed by atoms with van der Waals surface area (Å²) < 4.78 is 18.9. The molecule has 0 saturated heterocycles. The van der Waals surface area contributed by atoms with E-state index in [9.17, 15) is 14.0 Å². The van der Waals surface area contributed by atoms with Gasteiger partial charge in [-0.25, -0.2) is 9.18 Å². The lowest BCUT2D eigenvalue weighted by Gasteiger charge is -2.23. The van der Waals surface area contributed by atoms with Gasteiger partial charge >= 0.3 is 6.09 Å². The molecule has 0 spiro atoms. The molecule has 2 aromatic rings. The van der Waals surface area contributed by atoms with Crippen molar-refractivity contribution in [2.45, 2.75) is 32.9 Å². The molecule has 2 amide bonds. The van der Waals surface area contributed by atoms with Crippen LogP contribution in [0.2, 0.25) is 0 Å². The highest BCUT2D eigenvalue weighted by molar-refractivity contribution is 5.96. The van der Waals surface area contributed by atoms with Crippen LogP contribution in [0.5, 0.6) is 0 Å². The van der Waals surface area contributed by atoms with Crippen molar-refractivity contribution in [2.75, 3.05) is 5.32 Å². The molecule has 2 unspecified atom stereocenters. The van der Waals surface area contributed by atoms with Gasteiger partial charge in [-0.15, -0.1) is 0 Å². The smallest absolute Gasteiger partial charge is 0.408 e. The molecule has 0 aliphatic carbocycles. The Labute approximate surface area is 152 Å². The molecule has 0 saturated carbocycles. The van der Waals surface area contributed by atoms with Crippen LogP contribution >= 0.6 is 0 Å². The highest BCUT2D eigenvalue weighted by atomic mass is 19.1. The number of hydrogen-bond donors (Lipinski definition) is 2. The number of alkyl carbamates (subject to hydrolysis) is 1. The zero-order valence-electron chi connectivity index (χ0n) is 14.9. The van der Waals surface area contributed by atoms with Crippen LogP contribution in [-0.2, 0) is 16.1 Å². The molecule has 0 aliphatic heterocycles. The summed E-state index contributed by atoms with van der Waals surface area (Å²) >= 11 is 0. The van der Waals surface area contributed by atoms with Gasteiger partial charge in [0.2, 0.25) is 5.91 Å². The molecule has 2 aromatic carbocycles. The number of hydrogen-bond acceptors (Lipinski definition) is 3. The number of halogens is 1. The second-order valence-electron chi connectivity index (χ2n) is 6.04. The summed E-state index contributed by atoms with van der Waals surface area (Å²) in [6.07, 6.45) is -0.0308. The van der Waals surface area contributed by atoms with Crippen LogP contribution in [0, 0.1) is 11.7 Å². The fourth-order valence-corrected chi connectivity index (χ4v) is 2.37. The Morgan fingerprint density at radius 3 is 2.38 bits per heavy atom. The van der Waals surface area contributed by atoms with Crippen LogP contribution in [0.1, 0.15) is 25.8 Å². The fourth-order valence-electron chi connectivity index (χ4n) is 2.37. The van der Waals surface area contributed by atoms with Gasteiger partial charge in [-0.05, 0) is 23.6 Å². The Bertz CT molecular complexity index is 737. The lowest BCUT2D eigenvalue weighted by molar-refractivity contribution is -0.119.